The molecule has 0 fully saturated rings. The molecule has 3 rings (SSSR count). The summed E-state index contributed by atoms with van der Waals surface area (Å²) < 4.78 is 38.8. The van der Waals surface area contributed by atoms with Gasteiger partial charge in [-0.3, -0.25) is 9.52 Å². The number of rotatable bonds is 8. The highest BCUT2D eigenvalue weighted by Gasteiger charge is 2.21. The van der Waals surface area contributed by atoms with E-state index in [2.05, 4.69) is 10.0 Å². The Morgan fingerprint density at radius 2 is 1.58 bits per heavy atom. The molecule has 0 unspecified atom stereocenters. The molecule has 0 aliphatic carbocycles. The number of nitrogens with one attached hydrogen (secondary N) is 2. The number of carbonyl (C=O) groups is 1. The highest BCUT2D eigenvalue weighted by Crippen LogP contribution is 2.29. The van der Waals surface area contributed by atoms with Crippen molar-refractivity contribution in [3.8, 4) is 11.5 Å². The SMILES string of the molecule is COc1ccc(NS(=O)(=O)c2cc(NC(=O)Cc3ccccc3C)ccc2OC)cc1. The predicted octanol–water partition coefficient (Wildman–Crippen LogP) is 3.99. The fraction of sp³-hybridized carbons (Fsp3) is 0.174. The lowest BCUT2D eigenvalue weighted by atomic mass is 10.1. The number of hydrogen-bond donors (Lipinski definition) is 2. The molecule has 8 heteroatoms. The number of amides is 1. The fourth-order valence-electron chi connectivity index (χ4n) is 3.02. The standard InChI is InChI=1S/C23H24N2O5S/c1-16-6-4-5-7-17(16)14-23(26)24-19-10-13-21(30-3)22(15-19)31(27,28)25-18-8-11-20(29-2)12-9-18/h4-13,15,25H,14H2,1-3H3,(H,24,26). The Morgan fingerprint density at radius 3 is 2.23 bits per heavy atom. The largest absolute Gasteiger partial charge is 0.497 e. The molecular weight excluding hydrogens is 416 g/mol. The van der Waals surface area contributed by atoms with E-state index in [1.807, 2.05) is 31.2 Å². The zero-order valence-electron chi connectivity index (χ0n) is 17.5. The number of carbonyl (C=O) groups excluding carboxylic acids is 1. The first-order valence-corrected chi connectivity index (χ1v) is 11.0. The van der Waals surface area contributed by atoms with Crippen LogP contribution < -0.4 is 19.5 Å². The molecule has 0 aliphatic heterocycles. The van der Waals surface area contributed by atoms with Crippen molar-refractivity contribution in [3.63, 3.8) is 0 Å². The van der Waals surface area contributed by atoms with Gasteiger partial charge >= 0.3 is 0 Å². The average molecular weight is 441 g/mol. The zero-order valence-corrected chi connectivity index (χ0v) is 18.3. The van der Waals surface area contributed by atoms with Crippen LogP contribution in [0.3, 0.4) is 0 Å². The second-order valence-corrected chi connectivity index (χ2v) is 8.50. The molecule has 0 aromatic heterocycles. The van der Waals surface area contributed by atoms with Crippen LogP contribution in [0.1, 0.15) is 11.1 Å². The zero-order chi connectivity index (χ0) is 22.4. The average Bonchev–Trinajstić information content (AvgIpc) is 2.75. The van der Waals surface area contributed by atoms with Crippen LogP contribution in [0.4, 0.5) is 11.4 Å². The smallest absolute Gasteiger partial charge is 0.265 e. The number of anilines is 2. The van der Waals surface area contributed by atoms with Crippen molar-refractivity contribution in [3.05, 3.63) is 77.9 Å². The van der Waals surface area contributed by atoms with E-state index in [-0.39, 0.29) is 23.0 Å². The van der Waals surface area contributed by atoms with Gasteiger partial charge in [0.25, 0.3) is 10.0 Å². The van der Waals surface area contributed by atoms with Gasteiger partial charge in [-0.25, -0.2) is 8.42 Å². The van der Waals surface area contributed by atoms with Gasteiger partial charge in [-0.15, -0.1) is 0 Å². The van der Waals surface area contributed by atoms with Crippen LogP contribution in [-0.4, -0.2) is 28.5 Å². The molecule has 0 saturated heterocycles. The summed E-state index contributed by atoms with van der Waals surface area (Å²) in [6.07, 6.45) is 0.185. The van der Waals surface area contributed by atoms with Gasteiger partial charge in [-0.05, 0) is 60.5 Å². The Bertz CT molecular complexity index is 1170. The minimum absolute atomic E-state index is 0.0838. The molecule has 31 heavy (non-hydrogen) atoms. The minimum Gasteiger partial charge on any atom is -0.497 e. The van der Waals surface area contributed by atoms with Crippen LogP contribution in [0.2, 0.25) is 0 Å². The van der Waals surface area contributed by atoms with Crippen LogP contribution in [0.15, 0.2) is 71.6 Å². The molecule has 7 nitrogen and oxygen atoms in total. The van der Waals surface area contributed by atoms with E-state index in [4.69, 9.17) is 9.47 Å². The maximum atomic E-state index is 13.0. The molecule has 3 aromatic rings. The van der Waals surface area contributed by atoms with Gasteiger partial charge in [-0.1, -0.05) is 24.3 Å². The van der Waals surface area contributed by atoms with Crippen molar-refractivity contribution in [2.45, 2.75) is 18.2 Å². The minimum atomic E-state index is -3.97. The highest BCUT2D eigenvalue weighted by molar-refractivity contribution is 7.92. The molecule has 0 spiro atoms. The van der Waals surface area contributed by atoms with Crippen LogP contribution >= 0.6 is 0 Å². The summed E-state index contributed by atoms with van der Waals surface area (Å²) >= 11 is 0. The van der Waals surface area contributed by atoms with Crippen molar-refractivity contribution < 1.29 is 22.7 Å². The summed E-state index contributed by atoms with van der Waals surface area (Å²) in [5.74, 6) is 0.530. The lowest BCUT2D eigenvalue weighted by Gasteiger charge is -2.14. The van der Waals surface area contributed by atoms with Crippen molar-refractivity contribution in [1.82, 2.24) is 0 Å². The Morgan fingerprint density at radius 1 is 0.903 bits per heavy atom. The van der Waals surface area contributed by atoms with Gasteiger partial charge in [0.1, 0.15) is 16.4 Å². The number of benzene rings is 3. The van der Waals surface area contributed by atoms with Gasteiger partial charge in [-0.2, -0.15) is 0 Å². The van der Waals surface area contributed by atoms with Gasteiger partial charge in [0.2, 0.25) is 5.91 Å². The first-order valence-electron chi connectivity index (χ1n) is 9.51. The second kappa shape index (κ2) is 9.53. The fourth-order valence-corrected chi connectivity index (χ4v) is 4.27. The molecule has 1 amide bonds. The monoisotopic (exact) mass is 440 g/mol. The maximum Gasteiger partial charge on any atom is 0.265 e. The van der Waals surface area contributed by atoms with Crippen LogP contribution in [0, 0.1) is 6.92 Å². The molecular formula is C23H24N2O5S. The van der Waals surface area contributed by atoms with Crippen LogP contribution in [0.5, 0.6) is 11.5 Å². The Labute approximate surface area is 182 Å². The quantitative estimate of drug-likeness (QED) is 0.552. The summed E-state index contributed by atoms with van der Waals surface area (Å²) in [6.45, 7) is 1.94. The molecule has 2 N–H and O–H groups in total. The normalized spacial score (nSPS) is 10.9. The number of methoxy groups -OCH3 is 2. The summed E-state index contributed by atoms with van der Waals surface area (Å²) in [5.41, 5.74) is 2.65. The second-order valence-electron chi connectivity index (χ2n) is 6.85. The number of sulfonamides is 1. The van der Waals surface area contributed by atoms with E-state index in [0.717, 1.165) is 11.1 Å². The van der Waals surface area contributed by atoms with Crippen LogP contribution in [-0.2, 0) is 21.2 Å². The van der Waals surface area contributed by atoms with E-state index in [1.165, 1.54) is 26.4 Å². The summed E-state index contributed by atoms with van der Waals surface area (Å²) in [6, 6.07) is 18.6. The van der Waals surface area contributed by atoms with Gasteiger partial charge in [0.05, 0.1) is 20.6 Å². The summed E-state index contributed by atoms with van der Waals surface area (Å²) in [4.78, 5) is 12.4. The lowest BCUT2D eigenvalue weighted by Crippen LogP contribution is -2.17. The Balaban J connectivity index is 1.82. The van der Waals surface area contributed by atoms with E-state index >= 15 is 0 Å². The topological polar surface area (TPSA) is 93.7 Å². The molecule has 162 valence electrons. The molecule has 3 aromatic carbocycles. The van der Waals surface area contributed by atoms with Gasteiger partial charge in [0.15, 0.2) is 0 Å². The van der Waals surface area contributed by atoms with E-state index in [1.54, 1.807) is 30.3 Å². The molecule has 0 radical (unpaired) electrons. The number of hydrogen-bond acceptors (Lipinski definition) is 5. The third-order valence-electron chi connectivity index (χ3n) is 4.69. The van der Waals surface area contributed by atoms with Crippen molar-refractivity contribution >= 4 is 27.3 Å². The van der Waals surface area contributed by atoms with Crippen molar-refractivity contribution in [2.75, 3.05) is 24.3 Å². The molecule has 0 aliphatic rings. The Kier molecular flexibility index (Phi) is 6.81. The highest BCUT2D eigenvalue weighted by atomic mass is 32.2. The maximum absolute atomic E-state index is 13.0. The molecule has 0 heterocycles. The van der Waals surface area contributed by atoms with Crippen LogP contribution in [0.25, 0.3) is 0 Å². The van der Waals surface area contributed by atoms with Gasteiger partial charge in [0, 0.05) is 11.4 Å². The Hall–Kier alpha value is -3.52. The number of aryl methyl sites for hydroxylation is 1. The molecule has 0 atom stereocenters. The van der Waals surface area contributed by atoms with E-state index in [9.17, 15) is 13.2 Å². The van der Waals surface area contributed by atoms with Crippen molar-refractivity contribution in [1.29, 1.82) is 0 Å². The van der Waals surface area contributed by atoms with E-state index < -0.39 is 10.0 Å². The van der Waals surface area contributed by atoms with Gasteiger partial charge < -0.3 is 14.8 Å². The summed E-state index contributed by atoms with van der Waals surface area (Å²) in [7, 11) is -1.05. The predicted molar refractivity (Wildman–Crippen MR) is 120 cm³/mol. The first kappa shape index (κ1) is 22.2. The van der Waals surface area contributed by atoms with Crippen molar-refractivity contribution in [2.24, 2.45) is 0 Å². The first-order chi connectivity index (χ1) is 14.8. The third-order valence-corrected chi connectivity index (χ3v) is 6.09. The number of ether oxygens (including phenoxy) is 2. The lowest BCUT2D eigenvalue weighted by molar-refractivity contribution is -0.115. The third kappa shape index (κ3) is 5.55. The van der Waals surface area contributed by atoms with E-state index in [0.29, 0.717) is 17.1 Å². The summed E-state index contributed by atoms with van der Waals surface area (Å²) in [5, 5.41) is 2.76. The molecule has 0 bridgehead atoms. The molecule has 0 saturated carbocycles.